The van der Waals surface area contributed by atoms with Crippen LogP contribution >= 0.6 is 11.3 Å². The summed E-state index contributed by atoms with van der Waals surface area (Å²) in [6, 6.07) is 8.09. The van der Waals surface area contributed by atoms with Crippen molar-refractivity contribution in [1.82, 2.24) is 29.5 Å². The Morgan fingerprint density at radius 2 is 2.12 bits per heavy atom. The van der Waals surface area contributed by atoms with Crippen LogP contribution in [0.25, 0.3) is 44.2 Å². The summed E-state index contributed by atoms with van der Waals surface area (Å²) in [6.45, 7) is 1.69. The number of aliphatic hydroxyl groups is 1. The number of aliphatic hydroxyl groups excluding tert-OH is 1. The highest BCUT2D eigenvalue weighted by Gasteiger charge is 2.19. The van der Waals surface area contributed by atoms with Crippen LogP contribution in [-0.4, -0.2) is 68.5 Å². The molecule has 0 saturated heterocycles. The second-order valence-corrected chi connectivity index (χ2v) is 8.29. The molecule has 0 spiro atoms. The summed E-state index contributed by atoms with van der Waals surface area (Å²) >= 11 is 1.62. The first-order chi connectivity index (χ1) is 15.7. The van der Waals surface area contributed by atoms with Crippen molar-refractivity contribution in [2.45, 2.75) is 6.54 Å². The normalized spacial score (nSPS) is 11.6. The van der Waals surface area contributed by atoms with Gasteiger partial charge >= 0.3 is 0 Å². The molecule has 0 unspecified atom stereocenters. The van der Waals surface area contributed by atoms with Crippen molar-refractivity contribution >= 4 is 38.4 Å². The molecule has 0 bridgehead atoms. The number of rotatable bonds is 8. The van der Waals surface area contributed by atoms with Gasteiger partial charge in [-0.2, -0.15) is 0 Å². The minimum Gasteiger partial charge on any atom is -0.395 e. The maximum Gasteiger partial charge on any atom is 0.159 e. The number of fused-ring (bicyclic) bond motifs is 2. The number of methoxy groups -OCH3 is 1. The van der Waals surface area contributed by atoms with Gasteiger partial charge in [-0.25, -0.2) is 19.9 Å². The molecule has 0 atom stereocenters. The molecule has 0 aliphatic carbocycles. The minimum atomic E-state index is 0.0407. The molecule has 5 rings (SSSR count). The third-order valence-electron chi connectivity index (χ3n) is 5.38. The Morgan fingerprint density at radius 1 is 1.22 bits per heavy atom. The Balaban J connectivity index is 1.60. The number of hydrogen-bond acceptors (Lipinski definition) is 8. The molecule has 0 amide bonds. The molecule has 0 fully saturated rings. The van der Waals surface area contributed by atoms with Gasteiger partial charge in [-0.15, -0.1) is 11.3 Å². The summed E-state index contributed by atoms with van der Waals surface area (Å²) in [5.74, 6) is 2.25. The van der Waals surface area contributed by atoms with Crippen LogP contribution in [-0.2, 0) is 11.3 Å². The molecule has 9 nitrogen and oxygen atoms in total. The molecule has 0 aliphatic rings. The number of ether oxygens (including phenoxy) is 1. The second-order valence-electron chi connectivity index (χ2n) is 7.41. The van der Waals surface area contributed by atoms with Crippen molar-refractivity contribution in [3.63, 3.8) is 0 Å². The van der Waals surface area contributed by atoms with Crippen LogP contribution in [0.2, 0.25) is 0 Å². The lowest BCUT2D eigenvalue weighted by Gasteiger charge is -2.16. The van der Waals surface area contributed by atoms with E-state index in [1.807, 2.05) is 35.7 Å². The number of pyridine rings is 1. The highest BCUT2D eigenvalue weighted by atomic mass is 32.1. The van der Waals surface area contributed by atoms with E-state index < -0.39 is 0 Å². The van der Waals surface area contributed by atoms with E-state index in [9.17, 15) is 5.11 Å². The van der Waals surface area contributed by atoms with Gasteiger partial charge in [-0.05, 0) is 24.3 Å². The molecular weight excluding hydrogens is 426 g/mol. The SMILES string of the molecule is COCCn1c(-c2cnc(-c3ccc4scnc4c3)[nH]2)nc2c(N(C)CCO)nccc21. The van der Waals surface area contributed by atoms with Crippen LogP contribution in [0.15, 0.2) is 42.2 Å². The molecular formula is C22H23N7O2S. The van der Waals surface area contributed by atoms with E-state index in [2.05, 4.69) is 30.6 Å². The number of thiazole rings is 1. The third kappa shape index (κ3) is 3.62. The topological polar surface area (TPSA) is 105 Å². The quantitative estimate of drug-likeness (QED) is 0.375. The monoisotopic (exact) mass is 449 g/mol. The lowest BCUT2D eigenvalue weighted by Crippen LogP contribution is -2.22. The lowest BCUT2D eigenvalue weighted by molar-refractivity contribution is 0.188. The van der Waals surface area contributed by atoms with Gasteiger partial charge in [0, 0.05) is 39.0 Å². The summed E-state index contributed by atoms with van der Waals surface area (Å²) in [6.07, 6.45) is 3.57. The first kappa shape index (κ1) is 20.6. The van der Waals surface area contributed by atoms with Gasteiger partial charge in [0.1, 0.15) is 17.0 Å². The van der Waals surface area contributed by atoms with E-state index in [4.69, 9.17) is 9.72 Å². The number of aromatic nitrogens is 6. The van der Waals surface area contributed by atoms with Gasteiger partial charge in [0.25, 0.3) is 0 Å². The number of nitrogens with zero attached hydrogens (tertiary/aromatic N) is 6. The van der Waals surface area contributed by atoms with Crippen molar-refractivity contribution in [2.75, 3.05) is 38.8 Å². The van der Waals surface area contributed by atoms with E-state index in [0.717, 1.165) is 50.0 Å². The van der Waals surface area contributed by atoms with Gasteiger partial charge in [0.15, 0.2) is 11.6 Å². The number of nitrogens with one attached hydrogen (secondary N) is 1. The fourth-order valence-electron chi connectivity index (χ4n) is 3.78. The lowest BCUT2D eigenvalue weighted by atomic mass is 10.2. The molecule has 4 aromatic heterocycles. The van der Waals surface area contributed by atoms with Crippen LogP contribution in [0.1, 0.15) is 0 Å². The zero-order valence-electron chi connectivity index (χ0n) is 17.8. The molecule has 32 heavy (non-hydrogen) atoms. The molecule has 0 saturated carbocycles. The van der Waals surface area contributed by atoms with E-state index in [-0.39, 0.29) is 6.61 Å². The predicted octanol–water partition coefficient (Wildman–Crippen LogP) is 3.17. The molecule has 10 heteroatoms. The van der Waals surface area contributed by atoms with Gasteiger partial charge in [0.2, 0.25) is 0 Å². The fourth-order valence-corrected chi connectivity index (χ4v) is 4.43. The molecule has 1 aromatic carbocycles. The largest absolute Gasteiger partial charge is 0.395 e. The predicted molar refractivity (Wildman–Crippen MR) is 126 cm³/mol. The highest BCUT2D eigenvalue weighted by Crippen LogP contribution is 2.30. The number of likely N-dealkylation sites (N-methyl/N-ethyl adjacent to an activating group) is 1. The van der Waals surface area contributed by atoms with Crippen LogP contribution < -0.4 is 4.90 Å². The van der Waals surface area contributed by atoms with Crippen LogP contribution in [0, 0.1) is 0 Å². The molecule has 164 valence electrons. The number of anilines is 1. The standard InChI is InChI=1S/C22H23N7O2S/c1-28(7-9-30)22-19-17(5-6-23-22)29(8-10-31-2)21(27-19)16-12-24-20(26-16)14-3-4-18-15(11-14)25-13-32-18/h3-6,11-13,30H,7-10H2,1-2H3,(H,24,26). The van der Waals surface area contributed by atoms with Gasteiger partial charge in [-0.1, -0.05) is 0 Å². The zero-order valence-corrected chi connectivity index (χ0v) is 18.6. The minimum absolute atomic E-state index is 0.0407. The van der Waals surface area contributed by atoms with Crippen LogP contribution in [0.3, 0.4) is 0 Å². The summed E-state index contributed by atoms with van der Waals surface area (Å²) in [5.41, 5.74) is 6.31. The number of H-pyrrole nitrogens is 1. The van der Waals surface area contributed by atoms with Crippen molar-refractivity contribution in [3.05, 3.63) is 42.2 Å². The number of aromatic amines is 1. The molecule has 5 aromatic rings. The van der Waals surface area contributed by atoms with E-state index in [0.29, 0.717) is 19.7 Å². The zero-order chi connectivity index (χ0) is 22.1. The van der Waals surface area contributed by atoms with Crippen molar-refractivity contribution in [3.8, 4) is 22.9 Å². The highest BCUT2D eigenvalue weighted by molar-refractivity contribution is 7.16. The van der Waals surface area contributed by atoms with Crippen LogP contribution in [0.5, 0.6) is 0 Å². The first-order valence-corrected chi connectivity index (χ1v) is 11.1. The Labute approximate surface area is 188 Å². The molecule has 0 aliphatic heterocycles. The maximum atomic E-state index is 9.36. The Morgan fingerprint density at radius 3 is 2.97 bits per heavy atom. The van der Waals surface area contributed by atoms with E-state index in [1.54, 1.807) is 30.8 Å². The van der Waals surface area contributed by atoms with Gasteiger partial charge < -0.3 is 24.3 Å². The average molecular weight is 450 g/mol. The van der Waals surface area contributed by atoms with Crippen LogP contribution in [0.4, 0.5) is 5.82 Å². The van der Waals surface area contributed by atoms with E-state index in [1.165, 1.54) is 0 Å². The summed E-state index contributed by atoms with van der Waals surface area (Å²) in [4.78, 5) is 23.8. The molecule has 2 N–H and O–H groups in total. The number of hydrogen-bond donors (Lipinski definition) is 2. The van der Waals surface area contributed by atoms with Gasteiger partial charge in [-0.3, -0.25) is 0 Å². The Bertz CT molecular complexity index is 1370. The summed E-state index contributed by atoms with van der Waals surface area (Å²) in [5, 5.41) is 9.36. The van der Waals surface area contributed by atoms with E-state index >= 15 is 0 Å². The van der Waals surface area contributed by atoms with Crippen molar-refractivity contribution in [1.29, 1.82) is 0 Å². The Kier molecular flexibility index (Phi) is 5.56. The number of benzene rings is 1. The number of imidazole rings is 2. The third-order valence-corrected chi connectivity index (χ3v) is 6.19. The maximum absolute atomic E-state index is 9.36. The molecule has 0 radical (unpaired) electrons. The average Bonchev–Trinajstić information content (AvgIpc) is 3.54. The summed E-state index contributed by atoms with van der Waals surface area (Å²) < 4.78 is 8.60. The second kappa shape index (κ2) is 8.65. The van der Waals surface area contributed by atoms with Crippen molar-refractivity contribution in [2.24, 2.45) is 0 Å². The van der Waals surface area contributed by atoms with Crippen molar-refractivity contribution < 1.29 is 9.84 Å². The molecule has 4 heterocycles. The smallest absolute Gasteiger partial charge is 0.159 e. The van der Waals surface area contributed by atoms with Gasteiger partial charge in [0.05, 0.1) is 40.7 Å². The first-order valence-electron chi connectivity index (χ1n) is 10.2. The summed E-state index contributed by atoms with van der Waals surface area (Å²) in [7, 11) is 3.58. The fraction of sp³-hybridized carbons (Fsp3) is 0.273. The Hall–Kier alpha value is -3.34.